The first-order chi connectivity index (χ1) is 14.8. The molecule has 9 heteroatoms. The fourth-order valence-corrected chi connectivity index (χ4v) is 5.62. The van der Waals surface area contributed by atoms with Gasteiger partial charge < -0.3 is 9.47 Å². The number of rotatable bonds is 6. The number of carbonyl (C=O) groups is 1. The zero-order valence-electron chi connectivity index (χ0n) is 17.3. The lowest BCUT2D eigenvalue weighted by molar-refractivity contribution is 0.0172. The van der Waals surface area contributed by atoms with Crippen molar-refractivity contribution in [2.45, 2.75) is 30.7 Å². The molecule has 2 aliphatic heterocycles. The van der Waals surface area contributed by atoms with E-state index in [1.807, 2.05) is 0 Å². The second-order valence-corrected chi connectivity index (χ2v) is 10.0. The summed E-state index contributed by atoms with van der Waals surface area (Å²) in [4.78, 5) is 14.0. The number of hydrogen-bond donors (Lipinski definition) is 0. The molecule has 4 rings (SSSR count). The first-order valence-electron chi connectivity index (χ1n) is 10.1. The van der Waals surface area contributed by atoms with Crippen LogP contribution < -0.4 is 4.74 Å². The van der Waals surface area contributed by atoms with Crippen LogP contribution in [0.15, 0.2) is 48.5 Å². The average molecular weight is 449 g/mol. The van der Waals surface area contributed by atoms with Crippen LogP contribution in [0.2, 0.25) is 0 Å². The molecule has 0 aromatic heterocycles. The molecule has 1 spiro atoms. The first kappa shape index (κ1) is 21.6. The van der Waals surface area contributed by atoms with Crippen molar-refractivity contribution >= 4 is 16.1 Å². The molecule has 0 radical (unpaired) electrons. The molecule has 0 N–H and O–H groups in total. The minimum Gasteiger partial charge on any atom is -0.497 e. The fourth-order valence-electron chi connectivity index (χ4n) is 4.08. The maximum absolute atomic E-state index is 13.1. The number of hydrogen-bond acceptors (Lipinski definition) is 5. The number of benzene rings is 2. The zero-order valence-corrected chi connectivity index (χ0v) is 18.1. The molecule has 166 valence electrons. The van der Waals surface area contributed by atoms with E-state index in [1.54, 1.807) is 48.4 Å². The summed E-state index contributed by atoms with van der Waals surface area (Å²) in [7, 11) is -1.92. The van der Waals surface area contributed by atoms with Gasteiger partial charge >= 0.3 is 6.09 Å². The van der Waals surface area contributed by atoms with Gasteiger partial charge in [0.25, 0.3) is 0 Å². The predicted octanol–water partition coefficient (Wildman–Crippen LogP) is 3.15. The Morgan fingerprint density at radius 2 is 1.65 bits per heavy atom. The predicted molar refractivity (Wildman–Crippen MR) is 112 cm³/mol. The molecular formula is C22H25FN2O5S. The van der Waals surface area contributed by atoms with Crippen molar-refractivity contribution in [3.05, 3.63) is 65.5 Å². The number of nitrogens with zero attached hydrogens (tertiary/aromatic N) is 2. The average Bonchev–Trinajstić information content (AvgIpc) is 3.04. The van der Waals surface area contributed by atoms with Crippen LogP contribution in [0.25, 0.3) is 0 Å². The number of methoxy groups -OCH3 is 1. The topological polar surface area (TPSA) is 76.2 Å². The summed E-state index contributed by atoms with van der Waals surface area (Å²) in [6.07, 6.45) is 0.472. The molecule has 2 aromatic rings. The monoisotopic (exact) mass is 448 g/mol. The van der Waals surface area contributed by atoms with Gasteiger partial charge in [0.2, 0.25) is 10.0 Å². The van der Waals surface area contributed by atoms with Gasteiger partial charge in [-0.1, -0.05) is 24.3 Å². The Morgan fingerprint density at radius 3 is 2.26 bits per heavy atom. The van der Waals surface area contributed by atoms with E-state index in [0.717, 1.165) is 5.56 Å². The summed E-state index contributed by atoms with van der Waals surface area (Å²) < 4.78 is 51.1. The van der Waals surface area contributed by atoms with Gasteiger partial charge in [-0.3, -0.25) is 4.90 Å². The highest BCUT2D eigenvalue weighted by atomic mass is 32.2. The second kappa shape index (κ2) is 8.47. The SMILES string of the molecule is COc1ccc(CS(=O)(=O)N2CCC3(CC2)CN(Cc2ccc(F)cc2)C(=O)O3)cc1. The number of amides is 1. The van der Waals surface area contributed by atoms with Crippen LogP contribution in [0.4, 0.5) is 9.18 Å². The van der Waals surface area contributed by atoms with Crippen molar-refractivity contribution in [3.63, 3.8) is 0 Å². The van der Waals surface area contributed by atoms with Crippen LogP contribution in [0, 0.1) is 5.82 Å². The second-order valence-electron chi connectivity index (χ2n) is 8.04. The highest BCUT2D eigenvalue weighted by Crippen LogP contribution is 2.35. The van der Waals surface area contributed by atoms with Crippen LogP contribution in [0.3, 0.4) is 0 Å². The van der Waals surface area contributed by atoms with Gasteiger partial charge in [-0.25, -0.2) is 21.9 Å². The fraction of sp³-hybridized carbons (Fsp3) is 0.409. The van der Waals surface area contributed by atoms with Gasteiger partial charge in [0.15, 0.2) is 0 Å². The highest BCUT2D eigenvalue weighted by Gasteiger charge is 2.48. The number of halogens is 1. The van der Waals surface area contributed by atoms with E-state index in [-0.39, 0.29) is 11.6 Å². The molecule has 2 aliphatic rings. The Morgan fingerprint density at radius 1 is 1.03 bits per heavy atom. The third-order valence-electron chi connectivity index (χ3n) is 5.86. The summed E-state index contributed by atoms with van der Waals surface area (Å²) in [6.45, 7) is 1.34. The molecule has 2 fully saturated rings. The van der Waals surface area contributed by atoms with Crippen molar-refractivity contribution in [1.29, 1.82) is 0 Å². The Kier molecular flexibility index (Phi) is 5.90. The van der Waals surface area contributed by atoms with E-state index in [4.69, 9.17) is 9.47 Å². The van der Waals surface area contributed by atoms with Crippen LogP contribution in [-0.2, 0) is 27.1 Å². The molecule has 2 aromatic carbocycles. The van der Waals surface area contributed by atoms with Crippen molar-refractivity contribution in [2.24, 2.45) is 0 Å². The lowest BCUT2D eigenvalue weighted by Crippen LogP contribution is -2.48. The number of ether oxygens (including phenoxy) is 2. The molecule has 0 unspecified atom stereocenters. The van der Waals surface area contributed by atoms with Gasteiger partial charge in [0.05, 0.1) is 19.4 Å². The first-order valence-corrected chi connectivity index (χ1v) is 11.7. The van der Waals surface area contributed by atoms with Crippen LogP contribution >= 0.6 is 0 Å². The minimum absolute atomic E-state index is 0.0829. The van der Waals surface area contributed by atoms with E-state index < -0.39 is 21.7 Å². The zero-order chi connectivity index (χ0) is 22.1. The van der Waals surface area contributed by atoms with Gasteiger partial charge in [0.1, 0.15) is 17.2 Å². The quantitative estimate of drug-likeness (QED) is 0.679. The third-order valence-corrected chi connectivity index (χ3v) is 7.71. The normalized spacial score (nSPS) is 18.9. The standard InChI is InChI=1S/C22H25FN2O5S/c1-29-20-8-4-18(5-9-20)15-31(27,28)25-12-10-22(11-13-25)16-24(21(26)30-22)14-17-2-6-19(23)7-3-17/h2-9H,10-16H2,1H3. The maximum atomic E-state index is 13.1. The summed E-state index contributed by atoms with van der Waals surface area (Å²) >= 11 is 0. The van der Waals surface area contributed by atoms with Crippen LogP contribution in [0.5, 0.6) is 5.75 Å². The molecule has 2 saturated heterocycles. The number of carbonyl (C=O) groups excluding carboxylic acids is 1. The minimum atomic E-state index is -3.48. The van der Waals surface area contributed by atoms with Crippen molar-refractivity contribution in [2.75, 3.05) is 26.7 Å². The van der Waals surface area contributed by atoms with Crippen molar-refractivity contribution < 1.29 is 27.1 Å². The van der Waals surface area contributed by atoms with Crippen molar-refractivity contribution in [1.82, 2.24) is 9.21 Å². The molecule has 0 bridgehead atoms. The Hall–Kier alpha value is -2.65. The highest BCUT2D eigenvalue weighted by molar-refractivity contribution is 7.88. The molecule has 2 heterocycles. The van der Waals surface area contributed by atoms with Crippen molar-refractivity contribution in [3.8, 4) is 5.75 Å². The Labute approximate surface area is 181 Å². The van der Waals surface area contributed by atoms with E-state index in [1.165, 1.54) is 16.4 Å². The van der Waals surface area contributed by atoms with E-state index in [9.17, 15) is 17.6 Å². The van der Waals surface area contributed by atoms with Crippen LogP contribution in [0.1, 0.15) is 24.0 Å². The molecule has 0 saturated carbocycles. The smallest absolute Gasteiger partial charge is 0.410 e. The van der Waals surface area contributed by atoms with Gasteiger partial charge in [0, 0.05) is 32.5 Å². The summed E-state index contributed by atoms with van der Waals surface area (Å²) in [5.41, 5.74) is 0.831. The summed E-state index contributed by atoms with van der Waals surface area (Å²) in [5.74, 6) is 0.266. The lowest BCUT2D eigenvalue weighted by Gasteiger charge is -2.36. The van der Waals surface area contributed by atoms with Gasteiger partial charge in [-0.15, -0.1) is 0 Å². The molecule has 1 amide bonds. The Bertz CT molecular complexity index is 1030. The number of sulfonamides is 1. The lowest BCUT2D eigenvalue weighted by atomic mass is 9.92. The van der Waals surface area contributed by atoms with Crippen LogP contribution in [-0.4, -0.2) is 56.1 Å². The largest absolute Gasteiger partial charge is 0.497 e. The van der Waals surface area contributed by atoms with E-state index >= 15 is 0 Å². The summed E-state index contributed by atoms with van der Waals surface area (Å²) in [5, 5.41) is 0. The Balaban J connectivity index is 1.36. The van der Waals surface area contributed by atoms with E-state index in [0.29, 0.717) is 50.3 Å². The van der Waals surface area contributed by atoms with Gasteiger partial charge in [-0.05, 0) is 35.4 Å². The summed E-state index contributed by atoms with van der Waals surface area (Å²) in [6, 6.07) is 13.0. The molecule has 0 atom stereocenters. The molecule has 7 nitrogen and oxygen atoms in total. The van der Waals surface area contributed by atoms with E-state index in [2.05, 4.69) is 0 Å². The molecule has 0 aliphatic carbocycles. The van der Waals surface area contributed by atoms with Gasteiger partial charge in [-0.2, -0.15) is 0 Å². The number of piperidine rings is 1. The molecule has 31 heavy (non-hydrogen) atoms. The maximum Gasteiger partial charge on any atom is 0.410 e. The third kappa shape index (κ3) is 4.83. The molecular weight excluding hydrogens is 423 g/mol.